The van der Waals surface area contributed by atoms with Gasteiger partial charge in [0.05, 0.1) is 18.8 Å². The fourth-order valence-corrected chi connectivity index (χ4v) is 4.57. The Morgan fingerprint density at radius 2 is 1.37 bits per heavy atom. The average Bonchev–Trinajstić information content (AvgIpc) is 2.89. The highest BCUT2D eigenvalue weighted by Crippen LogP contribution is 2.33. The Hall–Kier alpha value is -3.80. The van der Waals surface area contributed by atoms with Crippen molar-refractivity contribution in [3.8, 4) is 11.5 Å². The van der Waals surface area contributed by atoms with Crippen LogP contribution in [0.4, 0.5) is 0 Å². The predicted octanol–water partition coefficient (Wildman–Crippen LogP) is 5.56. The number of para-hydroxylation sites is 2. The van der Waals surface area contributed by atoms with Gasteiger partial charge in [-0.3, -0.25) is 4.79 Å². The maximum atomic E-state index is 13.6. The lowest BCUT2D eigenvalue weighted by Crippen LogP contribution is -2.38. The lowest BCUT2D eigenvalue weighted by Gasteiger charge is -2.32. The number of hydrogen-bond donors (Lipinski definition) is 1. The van der Waals surface area contributed by atoms with Crippen molar-refractivity contribution in [2.45, 2.75) is 44.9 Å². The van der Waals surface area contributed by atoms with Crippen molar-refractivity contribution >= 4 is 11.9 Å². The molecule has 4 rings (SSSR count). The topological polar surface area (TPSA) is 76.1 Å². The quantitative estimate of drug-likeness (QED) is 0.440. The maximum absolute atomic E-state index is 13.6. The first-order valence-electron chi connectivity index (χ1n) is 12.0. The lowest BCUT2D eigenvalue weighted by molar-refractivity contribution is -0.138. The molecule has 1 aliphatic rings. The minimum Gasteiger partial charge on any atom is -0.493 e. The molecular weight excluding hydrogens is 442 g/mol. The molecule has 1 aliphatic carbocycles. The Morgan fingerprint density at radius 3 is 1.97 bits per heavy atom. The van der Waals surface area contributed by atoms with Crippen molar-refractivity contribution in [2.24, 2.45) is 5.92 Å². The molecule has 0 spiro atoms. The van der Waals surface area contributed by atoms with Gasteiger partial charge in [0.15, 0.2) is 11.5 Å². The van der Waals surface area contributed by atoms with E-state index in [1.807, 2.05) is 59.5 Å². The summed E-state index contributed by atoms with van der Waals surface area (Å²) in [6.45, 7) is 0.948. The predicted molar refractivity (Wildman–Crippen MR) is 133 cm³/mol. The first-order valence-corrected chi connectivity index (χ1v) is 12.0. The second-order valence-electron chi connectivity index (χ2n) is 8.92. The summed E-state index contributed by atoms with van der Waals surface area (Å²) < 4.78 is 11.6. The normalized spacial score (nSPS) is 17.4. The van der Waals surface area contributed by atoms with Gasteiger partial charge in [0, 0.05) is 19.0 Å². The summed E-state index contributed by atoms with van der Waals surface area (Å²) in [7, 11) is 1.63. The average molecular weight is 474 g/mol. The first-order chi connectivity index (χ1) is 17.0. The van der Waals surface area contributed by atoms with Crippen LogP contribution in [0.2, 0.25) is 0 Å². The summed E-state index contributed by atoms with van der Waals surface area (Å²) in [5.74, 6) is 0.566. The molecular formula is C29H31NO5. The zero-order valence-corrected chi connectivity index (χ0v) is 19.9. The molecule has 35 heavy (non-hydrogen) atoms. The number of benzene rings is 3. The number of rotatable bonds is 9. The maximum Gasteiger partial charge on any atom is 0.335 e. The molecule has 3 aromatic carbocycles. The number of methoxy groups -OCH3 is 1. The van der Waals surface area contributed by atoms with Crippen LogP contribution in [0.3, 0.4) is 0 Å². The zero-order valence-electron chi connectivity index (χ0n) is 19.9. The summed E-state index contributed by atoms with van der Waals surface area (Å²) in [5.41, 5.74) is 2.21. The van der Waals surface area contributed by atoms with E-state index in [-0.39, 0.29) is 23.5 Å². The van der Waals surface area contributed by atoms with Gasteiger partial charge >= 0.3 is 5.97 Å². The third kappa shape index (κ3) is 6.41. The van der Waals surface area contributed by atoms with Gasteiger partial charge in [-0.2, -0.15) is 0 Å². The number of carbonyl (C=O) groups excluding carboxylic acids is 1. The van der Waals surface area contributed by atoms with Crippen molar-refractivity contribution in [3.05, 3.63) is 95.6 Å². The van der Waals surface area contributed by atoms with E-state index < -0.39 is 5.97 Å². The second-order valence-corrected chi connectivity index (χ2v) is 8.92. The molecule has 182 valence electrons. The van der Waals surface area contributed by atoms with E-state index >= 15 is 0 Å². The number of carboxylic acids is 1. The standard InChI is InChI=1S/C29H31NO5/c1-34-26-9-5-6-10-27(26)35-25-17-15-23(16-18-25)28(31)30(19-21-7-3-2-4-8-21)20-22-11-13-24(14-12-22)29(32)33/h2-14,23,25H,15-20H2,1H3,(H,32,33). The fraction of sp³-hybridized carbons (Fsp3) is 0.310. The molecule has 6 heteroatoms. The Kier molecular flexibility index (Phi) is 8.03. The summed E-state index contributed by atoms with van der Waals surface area (Å²) in [6.07, 6.45) is 3.20. The van der Waals surface area contributed by atoms with E-state index in [4.69, 9.17) is 9.47 Å². The van der Waals surface area contributed by atoms with E-state index in [2.05, 4.69) is 0 Å². The van der Waals surface area contributed by atoms with E-state index in [1.165, 1.54) is 0 Å². The number of carbonyl (C=O) groups is 2. The number of aromatic carboxylic acids is 1. The minimum atomic E-state index is -0.958. The highest BCUT2D eigenvalue weighted by molar-refractivity contribution is 5.87. The summed E-state index contributed by atoms with van der Waals surface area (Å²) in [6, 6.07) is 24.3. The number of nitrogens with zero attached hydrogens (tertiary/aromatic N) is 1. The van der Waals surface area contributed by atoms with Gasteiger partial charge in [-0.1, -0.05) is 54.6 Å². The summed E-state index contributed by atoms with van der Waals surface area (Å²) >= 11 is 0. The molecule has 0 aromatic heterocycles. The monoisotopic (exact) mass is 473 g/mol. The van der Waals surface area contributed by atoms with E-state index in [1.54, 1.807) is 31.4 Å². The Morgan fingerprint density at radius 1 is 0.800 bits per heavy atom. The van der Waals surface area contributed by atoms with Gasteiger partial charge in [0.1, 0.15) is 0 Å². The van der Waals surface area contributed by atoms with Gasteiger partial charge in [0.2, 0.25) is 5.91 Å². The largest absolute Gasteiger partial charge is 0.493 e. The van der Waals surface area contributed by atoms with Crippen LogP contribution in [0.5, 0.6) is 11.5 Å². The molecule has 0 unspecified atom stereocenters. The molecule has 0 heterocycles. The third-order valence-electron chi connectivity index (χ3n) is 6.49. The number of hydrogen-bond acceptors (Lipinski definition) is 4. The molecule has 0 saturated heterocycles. The molecule has 1 N–H and O–H groups in total. The second kappa shape index (κ2) is 11.6. The van der Waals surface area contributed by atoms with Crippen LogP contribution < -0.4 is 9.47 Å². The van der Waals surface area contributed by atoms with E-state index in [0.717, 1.165) is 42.6 Å². The van der Waals surface area contributed by atoms with Crippen LogP contribution in [0.15, 0.2) is 78.9 Å². The van der Waals surface area contributed by atoms with Crippen molar-refractivity contribution in [3.63, 3.8) is 0 Å². The highest BCUT2D eigenvalue weighted by atomic mass is 16.5. The van der Waals surface area contributed by atoms with E-state index in [9.17, 15) is 14.7 Å². The number of carboxylic acid groups (broad SMARTS) is 1. The SMILES string of the molecule is COc1ccccc1OC1CCC(C(=O)N(Cc2ccccc2)Cc2ccc(C(=O)O)cc2)CC1. The molecule has 6 nitrogen and oxygen atoms in total. The molecule has 0 bridgehead atoms. The number of amides is 1. The summed E-state index contributed by atoms with van der Waals surface area (Å²) in [4.78, 5) is 26.7. The molecule has 1 saturated carbocycles. The molecule has 0 aliphatic heterocycles. The Balaban J connectivity index is 1.42. The summed E-state index contributed by atoms with van der Waals surface area (Å²) in [5, 5.41) is 9.17. The van der Waals surface area contributed by atoms with Crippen LogP contribution in [-0.2, 0) is 17.9 Å². The molecule has 0 atom stereocenters. The number of ether oxygens (including phenoxy) is 2. The van der Waals surface area contributed by atoms with Crippen molar-refractivity contribution < 1.29 is 24.2 Å². The van der Waals surface area contributed by atoms with Gasteiger partial charge < -0.3 is 19.5 Å². The van der Waals surface area contributed by atoms with Crippen LogP contribution >= 0.6 is 0 Å². The lowest BCUT2D eigenvalue weighted by atomic mass is 9.86. The van der Waals surface area contributed by atoms with Gasteiger partial charge in [0.25, 0.3) is 0 Å². The van der Waals surface area contributed by atoms with E-state index in [0.29, 0.717) is 18.8 Å². The highest BCUT2D eigenvalue weighted by Gasteiger charge is 2.31. The zero-order chi connectivity index (χ0) is 24.6. The molecule has 0 radical (unpaired) electrons. The van der Waals surface area contributed by atoms with Crippen molar-refractivity contribution in [1.29, 1.82) is 0 Å². The first kappa shape index (κ1) is 24.3. The molecule has 3 aromatic rings. The molecule has 1 amide bonds. The Labute approximate surface area is 206 Å². The van der Waals surface area contributed by atoms with Gasteiger partial charge in [-0.25, -0.2) is 4.79 Å². The van der Waals surface area contributed by atoms with Crippen LogP contribution in [0, 0.1) is 5.92 Å². The van der Waals surface area contributed by atoms with Gasteiger partial charge in [-0.05, 0) is 61.1 Å². The fourth-order valence-electron chi connectivity index (χ4n) is 4.57. The van der Waals surface area contributed by atoms with Crippen LogP contribution in [-0.4, -0.2) is 35.1 Å². The third-order valence-corrected chi connectivity index (χ3v) is 6.49. The smallest absolute Gasteiger partial charge is 0.335 e. The van der Waals surface area contributed by atoms with Crippen molar-refractivity contribution in [1.82, 2.24) is 4.90 Å². The van der Waals surface area contributed by atoms with Crippen molar-refractivity contribution in [2.75, 3.05) is 7.11 Å². The Bertz CT molecular complexity index is 1120. The van der Waals surface area contributed by atoms with Crippen LogP contribution in [0.1, 0.15) is 47.2 Å². The van der Waals surface area contributed by atoms with Crippen LogP contribution in [0.25, 0.3) is 0 Å². The molecule has 1 fully saturated rings. The minimum absolute atomic E-state index is 0.0569. The van der Waals surface area contributed by atoms with Gasteiger partial charge in [-0.15, -0.1) is 0 Å².